The second kappa shape index (κ2) is 8.62. The van der Waals surface area contributed by atoms with E-state index in [2.05, 4.69) is 25.6 Å². The van der Waals surface area contributed by atoms with E-state index in [9.17, 15) is 9.90 Å². The summed E-state index contributed by atoms with van der Waals surface area (Å²) in [6.07, 6.45) is 5.40. The fraction of sp³-hybridized carbons (Fsp3) is 0.364. The van der Waals surface area contributed by atoms with E-state index in [0.717, 1.165) is 42.3 Å². The first-order chi connectivity index (χ1) is 14.5. The van der Waals surface area contributed by atoms with Gasteiger partial charge in [0.25, 0.3) is 5.91 Å². The molecular formula is C22H26N6O2. The molecule has 1 aromatic carbocycles. The molecular weight excluding hydrogens is 380 g/mol. The number of aliphatic hydroxyl groups excluding tert-OH is 1. The van der Waals surface area contributed by atoms with Gasteiger partial charge in [-0.2, -0.15) is 0 Å². The monoisotopic (exact) mass is 406 g/mol. The van der Waals surface area contributed by atoms with Crippen LogP contribution in [0.4, 0.5) is 17.3 Å². The zero-order valence-corrected chi connectivity index (χ0v) is 16.9. The molecule has 1 saturated carbocycles. The molecule has 0 spiro atoms. The van der Waals surface area contributed by atoms with E-state index in [1.165, 1.54) is 0 Å². The molecule has 30 heavy (non-hydrogen) atoms. The summed E-state index contributed by atoms with van der Waals surface area (Å²) in [7, 11) is 0. The molecule has 8 nitrogen and oxygen atoms in total. The molecule has 1 aliphatic rings. The molecule has 1 fully saturated rings. The van der Waals surface area contributed by atoms with Crippen molar-refractivity contribution in [3.63, 3.8) is 0 Å². The first kappa shape index (κ1) is 20.0. The number of anilines is 3. The van der Waals surface area contributed by atoms with Crippen molar-refractivity contribution in [1.29, 1.82) is 0 Å². The highest BCUT2D eigenvalue weighted by Crippen LogP contribution is 2.27. The largest absolute Gasteiger partial charge is 0.393 e. The highest BCUT2D eigenvalue weighted by atomic mass is 16.3. The van der Waals surface area contributed by atoms with Gasteiger partial charge < -0.3 is 21.5 Å². The van der Waals surface area contributed by atoms with Crippen LogP contribution in [-0.4, -0.2) is 38.1 Å². The lowest BCUT2D eigenvalue weighted by Gasteiger charge is -2.27. The predicted molar refractivity (Wildman–Crippen MR) is 117 cm³/mol. The number of aliphatic hydroxyl groups is 1. The highest BCUT2D eigenvalue weighted by molar-refractivity contribution is 5.97. The smallest absolute Gasteiger partial charge is 0.271 e. The van der Waals surface area contributed by atoms with E-state index in [1.807, 2.05) is 37.3 Å². The number of primary amides is 1. The predicted octanol–water partition coefficient (Wildman–Crippen LogP) is 3.15. The van der Waals surface area contributed by atoms with E-state index in [4.69, 9.17) is 5.73 Å². The Hall–Kier alpha value is -3.26. The van der Waals surface area contributed by atoms with Gasteiger partial charge in [-0.3, -0.25) is 9.78 Å². The lowest BCUT2D eigenvalue weighted by molar-refractivity contribution is 0.0996. The number of carbonyl (C=O) groups is 1. The van der Waals surface area contributed by atoms with Crippen molar-refractivity contribution in [1.82, 2.24) is 15.0 Å². The molecule has 0 unspecified atom stereocenters. The quantitative estimate of drug-likeness (QED) is 0.495. The molecule has 0 bridgehead atoms. The van der Waals surface area contributed by atoms with Gasteiger partial charge in [0.2, 0.25) is 0 Å². The number of hydrogen-bond acceptors (Lipinski definition) is 7. The van der Waals surface area contributed by atoms with Crippen molar-refractivity contribution in [3.05, 3.63) is 47.9 Å². The molecule has 0 aliphatic heterocycles. The average molecular weight is 406 g/mol. The minimum absolute atomic E-state index is 0.114. The normalized spacial score (nSPS) is 18.9. The van der Waals surface area contributed by atoms with Gasteiger partial charge in [-0.15, -0.1) is 0 Å². The Morgan fingerprint density at radius 2 is 1.97 bits per heavy atom. The molecule has 5 N–H and O–H groups in total. The summed E-state index contributed by atoms with van der Waals surface area (Å²) in [5.74, 6) is 0.338. The Morgan fingerprint density at radius 1 is 1.17 bits per heavy atom. The number of nitrogens with two attached hydrogens (primary N) is 1. The highest BCUT2D eigenvalue weighted by Gasteiger charge is 2.23. The summed E-state index contributed by atoms with van der Waals surface area (Å²) < 4.78 is 0. The SMILES string of the molecule is CCc1nc(C(N)=O)c(Nc2ccc3ncccc3c2)nc1NC1CCC(O)CC1. The van der Waals surface area contributed by atoms with Crippen LogP contribution in [0.1, 0.15) is 48.8 Å². The van der Waals surface area contributed by atoms with Crippen molar-refractivity contribution < 1.29 is 9.90 Å². The van der Waals surface area contributed by atoms with Crippen LogP contribution in [-0.2, 0) is 6.42 Å². The number of rotatable bonds is 6. The second-order valence-corrected chi connectivity index (χ2v) is 7.62. The van der Waals surface area contributed by atoms with Crippen LogP contribution in [0.5, 0.6) is 0 Å². The Bertz CT molecular complexity index is 1060. The maximum atomic E-state index is 12.1. The zero-order valence-electron chi connectivity index (χ0n) is 16.9. The number of fused-ring (bicyclic) bond motifs is 1. The summed E-state index contributed by atoms with van der Waals surface area (Å²) in [6.45, 7) is 1.97. The van der Waals surface area contributed by atoms with Crippen molar-refractivity contribution in [2.24, 2.45) is 5.73 Å². The van der Waals surface area contributed by atoms with Crippen LogP contribution in [0.25, 0.3) is 10.9 Å². The van der Waals surface area contributed by atoms with Crippen LogP contribution >= 0.6 is 0 Å². The summed E-state index contributed by atoms with van der Waals surface area (Å²) in [5, 5.41) is 17.4. The Labute approximate surface area is 175 Å². The molecule has 0 radical (unpaired) electrons. The first-order valence-corrected chi connectivity index (χ1v) is 10.3. The van der Waals surface area contributed by atoms with Gasteiger partial charge >= 0.3 is 0 Å². The van der Waals surface area contributed by atoms with Gasteiger partial charge in [-0.1, -0.05) is 13.0 Å². The lowest BCUT2D eigenvalue weighted by atomic mass is 9.93. The number of pyridine rings is 1. The summed E-state index contributed by atoms with van der Waals surface area (Å²) in [6, 6.07) is 9.79. The van der Waals surface area contributed by atoms with Gasteiger partial charge in [0.05, 0.1) is 17.3 Å². The minimum Gasteiger partial charge on any atom is -0.393 e. The van der Waals surface area contributed by atoms with E-state index in [0.29, 0.717) is 23.8 Å². The van der Waals surface area contributed by atoms with Crippen LogP contribution in [0.3, 0.4) is 0 Å². The zero-order chi connectivity index (χ0) is 21.1. The van der Waals surface area contributed by atoms with Crippen LogP contribution < -0.4 is 16.4 Å². The molecule has 2 heterocycles. The topological polar surface area (TPSA) is 126 Å². The van der Waals surface area contributed by atoms with Crippen LogP contribution in [0, 0.1) is 0 Å². The van der Waals surface area contributed by atoms with E-state index in [-0.39, 0.29) is 17.8 Å². The van der Waals surface area contributed by atoms with E-state index < -0.39 is 5.91 Å². The fourth-order valence-electron chi connectivity index (χ4n) is 3.79. The van der Waals surface area contributed by atoms with E-state index in [1.54, 1.807) is 6.20 Å². The van der Waals surface area contributed by atoms with Crippen molar-refractivity contribution in [2.75, 3.05) is 10.6 Å². The number of aromatic nitrogens is 3. The average Bonchev–Trinajstić information content (AvgIpc) is 2.75. The van der Waals surface area contributed by atoms with Crippen molar-refractivity contribution >= 4 is 34.1 Å². The van der Waals surface area contributed by atoms with Crippen molar-refractivity contribution in [2.45, 2.75) is 51.2 Å². The molecule has 0 saturated heterocycles. The molecule has 4 rings (SSSR count). The number of amides is 1. The Balaban J connectivity index is 1.66. The number of aryl methyl sites for hydroxylation is 1. The molecule has 2 aromatic heterocycles. The number of nitrogens with one attached hydrogen (secondary N) is 2. The number of nitrogens with zero attached hydrogens (tertiary/aromatic N) is 3. The number of benzene rings is 1. The Kier molecular flexibility index (Phi) is 5.76. The summed E-state index contributed by atoms with van der Waals surface area (Å²) in [5.41, 5.74) is 8.05. The number of carbonyl (C=O) groups excluding carboxylic acids is 1. The van der Waals surface area contributed by atoms with Crippen LogP contribution in [0.15, 0.2) is 36.5 Å². The third-order valence-corrected chi connectivity index (χ3v) is 5.44. The molecule has 0 atom stereocenters. The minimum atomic E-state index is -0.630. The lowest BCUT2D eigenvalue weighted by Crippen LogP contribution is -2.29. The van der Waals surface area contributed by atoms with Gasteiger partial charge in [0.15, 0.2) is 11.5 Å². The van der Waals surface area contributed by atoms with Crippen molar-refractivity contribution in [3.8, 4) is 0 Å². The van der Waals surface area contributed by atoms with Gasteiger partial charge in [0, 0.05) is 23.3 Å². The summed E-state index contributed by atoms with van der Waals surface area (Å²) in [4.78, 5) is 25.6. The standard InChI is InChI=1S/C22H26N6O2/c1-2-17-21(25-14-5-8-16(29)9-6-14)28-22(19(27-17)20(23)30)26-15-7-10-18-13(12-15)4-3-11-24-18/h3-4,7,10-12,14,16,29H,2,5-6,8-9H2,1H3,(H2,23,30)(H2,25,26,28). The third kappa shape index (κ3) is 4.33. The van der Waals surface area contributed by atoms with Gasteiger partial charge in [-0.05, 0) is 56.4 Å². The molecule has 8 heteroatoms. The molecule has 1 amide bonds. The van der Waals surface area contributed by atoms with Gasteiger partial charge in [-0.25, -0.2) is 9.97 Å². The molecule has 3 aromatic rings. The van der Waals surface area contributed by atoms with Gasteiger partial charge in [0.1, 0.15) is 5.82 Å². The second-order valence-electron chi connectivity index (χ2n) is 7.62. The Morgan fingerprint density at radius 3 is 2.70 bits per heavy atom. The third-order valence-electron chi connectivity index (χ3n) is 5.44. The van der Waals surface area contributed by atoms with E-state index >= 15 is 0 Å². The summed E-state index contributed by atoms with van der Waals surface area (Å²) >= 11 is 0. The maximum Gasteiger partial charge on any atom is 0.271 e. The molecule has 156 valence electrons. The maximum absolute atomic E-state index is 12.1. The fourth-order valence-corrected chi connectivity index (χ4v) is 3.79. The first-order valence-electron chi connectivity index (χ1n) is 10.3. The number of hydrogen-bond donors (Lipinski definition) is 4. The molecule has 1 aliphatic carbocycles. The van der Waals surface area contributed by atoms with Crippen LogP contribution in [0.2, 0.25) is 0 Å².